The molecule has 1 heterocycles. The predicted octanol–water partition coefficient (Wildman–Crippen LogP) is 5.55. The van der Waals surface area contributed by atoms with E-state index in [0.29, 0.717) is 0 Å². The van der Waals surface area contributed by atoms with Crippen molar-refractivity contribution < 1.29 is 0 Å². The Balaban J connectivity index is 1.65. The summed E-state index contributed by atoms with van der Waals surface area (Å²) >= 11 is 0. The molecular formula is C18H28N2. The summed E-state index contributed by atoms with van der Waals surface area (Å²) < 4.78 is 0. The van der Waals surface area contributed by atoms with Crippen LogP contribution in [0.25, 0.3) is 11.0 Å². The number of aromatic nitrogens is 2. The predicted molar refractivity (Wildman–Crippen MR) is 87.1 cm³/mol. The van der Waals surface area contributed by atoms with Crippen LogP contribution in [0.1, 0.15) is 69.7 Å². The SMILES string of the molecule is CCCCCCCCCCc1nc2ccc(C)cc2[nH]1. The number of aromatic amines is 1. The lowest BCUT2D eigenvalue weighted by Crippen LogP contribution is -1.88. The number of nitrogens with one attached hydrogen (secondary N) is 1. The highest BCUT2D eigenvalue weighted by molar-refractivity contribution is 5.75. The van der Waals surface area contributed by atoms with Crippen molar-refractivity contribution in [2.24, 2.45) is 0 Å². The molecular weight excluding hydrogens is 244 g/mol. The van der Waals surface area contributed by atoms with Crippen molar-refractivity contribution in [3.63, 3.8) is 0 Å². The number of imidazole rings is 1. The molecule has 0 unspecified atom stereocenters. The molecule has 1 aromatic carbocycles. The van der Waals surface area contributed by atoms with Gasteiger partial charge >= 0.3 is 0 Å². The number of H-pyrrole nitrogens is 1. The molecule has 0 saturated heterocycles. The van der Waals surface area contributed by atoms with Gasteiger partial charge in [0.1, 0.15) is 5.82 Å². The monoisotopic (exact) mass is 272 g/mol. The Labute approximate surface area is 123 Å². The first-order chi connectivity index (χ1) is 9.79. The molecule has 2 aromatic rings. The highest BCUT2D eigenvalue weighted by Crippen LogP contribution is 2.15. The van der Waals surface area contributed by atoms with Gasteiger partial charge in [-0.05, 0) is 31.0 Å². The average molecular weight is 272 g/mol. The zero-order valence-corrected chi connectivity index (χ0v) is 13.0. The van der Waals surface area contributed by atoms with Gasteiger partial charge in [0.15, 0.2) is 0 Å². The van der Waals surface area contributed by atoms with Gasteiger partial charge in [0.2, 0.25) is 0 Å². The number of fused-ring (bicyclic) bond motifs is 1. The Bertz CT molecular complexity index is 513. The second-order valence-corrected chi connectivity index (χ2v) is 5.93. The van der Waals surface area contributed by atoms with E-state index in [1.807, 2.05) is 0 Å². The largest absolute Gasteiger partial charge is 0.342 e. The van der Waals surface area contributed by atoms with Crippen molar-refractivity contribution >= 4 is 11.0 Å². The molecule has 2 heteroatoms. The number of unbranched alkanes of at least 4 members (excludes halogenated alkanes) is 7. The van der Waals surface area contributed by atoms with E-state index in [0.717, 1.165) is 17.8 Å². The lowest BCUT2D eigenvalue weighted by atomic mass is 10.1. The van der Waals surface area contributed by atoms with E-state index in [-0.39, 0.29) is 0 Å². The molecule has 0 amide bonds. The Morgan fingerprint density at radius 1 is 0.950 bits per heavy atom. The van der Waals surface area contributed by atoms with Gasteiger partial charge in [-0.3, -0.25) is 0 Å². The third-order valence-electron chi connectivity index (χ3n) is 3.95. The van der Waals surface area contributed by atoms with Crippen LogP contribution < -0.4 is 0 Å². The van der Waals surface area contributed by atoms with Crippen LogP contribution in [0.4, 0.5) is 0 Å². The number of hydrogen-bond donors (Lipinski definition) is 1. The molecule has 20 heavy (non-hydrogen) atoms. The van der Waals surface area contributed by atoms with E-state index >= 15 is 0 Å². The molecule has 0 spiro atoms. The summed E-state index contributed by atoms with van der Waals surface area (Å²) in [5.74, 6) is 1.15. The molecule has 0 aliphatic rings. The Morgan fingerprint density at radius 2 is 1.65 bits per heavy atom. The van der Waals surface area contributed by atoms with Gasteiger partial charge < -0.3 is 4.98 Å². The first kappa shape index (κ1) is 15.1. The van der Waals surface area contributed by atoms with Gasteiger partial charge in [0.25, 0.3) is 0 Å². The van der Waals surface area contributed by atoms with E-state index in [1.165, 1.54) is 62.4 Å². The van der Waals surface area contributed by atoms with Crippen LogP contribution in [0.3, 0.4) is 0 Å². The first-order valence-electron chi connectivity index (χ1n) is 8.25. The maximum atomic E-state index is 4.66. The summed E-state index contributed by atoms with van der Waals surface area (Å²) in [6.45, 7) is 4.40. The molecule has 0 radical (unpaired) electrons. The number of benzene rings is 1. The van der Waals surface area contributed by atoms with Gasteiger partial charge in [-0.1, -0.05) is 57.9 Å². The Morgan fingerprint density at radius 3 is 2.40 bits per heavy atom. The summed E-state index contributed by atoms with van der Waals surface area (Å²) in [5, 5.41) is 0. The molecule has 0 aliphatic heterocycles. The highest BCUT2D eigenvalue weighted by Gasteiger charge is 2.02. The summed E-state index contributed by atoms with van der Waals surface area (Å²) in [6, 6.07) is 6.42. The fourth-order valence-corrected chi connectivity index (χ4v) is 2.72. The summed E-state index contributed by atoms with van der Waals surface area (Å²) in [5.41, 5.74) is 3.57. The van der Waals surface area contributed by atoms with Crippen LogP contribution in [0.2, 0.25) is 0 Å². The van der Waals surface area contributed by atoms with Crippen LogP contribution in [-0.2, 0) is 6.42 Å². The fourth-order valence-electron chi connectivity index (χ4n) is 2.72. The topological polar surface area (TPSA) is 28.7 Å². The van der Waals surface area contributed by atoms with Crippen molar-refractivity contribution in [2.75, 3.05) is 0 Å². The minimum Gasteiger partial charge on any atom is -0.342 e. The molecule has 2 nitrogen and oxygen atoms in total. The number of rotatable bonds is 9. The van der Waals surface area contributed by atoms with Crippen molar-refractivity contribution in [3.8, 4) is 0 Å². The standard InChI is InChI=1S/C18H28N2/c1-3-4-5-6-7-8-9-10-11-18-19-16-13-12-15(2)14-17(16)20-18/h12-14H,3-11H2,1-2H3,(H,19,20). The number of aryl methyl sites for hydroxylation is 2. The lowest BCUT2D eigenvalue weighted by molar-refractivity contribution is 0.573. The smallest absolute Gasteiger partial charge is 0.107 e. The molecule has 1 aromatic heterocycles. The maximum absolute atomic E-state index is 4.66. The van der Waals surface area contributed by atoms with Crippen molar-refractivity contribution in [3.05, 3.63) is 29.6 Å². The summed E-state index contributed by atoms with van der Waals surface area (Å²) in [6.07, 6.45) is 12.0. The van der Waals surface area contributed by atoms with Gasteiger partial charge in [-0.2, -0.15) is 0 Å². The molecule has 0 saturated carbocycles. The Hall–Kier alpha value is -1.31. The molecule has 0 fully saturated rings. The molecule has 0 atom stereocenters. The average Bonchev–Trinajstić information content (AvgIpc) is 2.83. The van der Waals surface area contributed by atoms with Gasteiger partial charge in [0.05, 0.1) is 11.0 Å². The Kier molecular flexibility index (Phi) is 6.10. The van der Waals surface area contributed by atoms with Gasteiger partial charge in [0, 0.05) is 6.42 Å². The third kappa shape index (κ3) is 4.66. The zero-order chi connectivity index (χ0) is 14.2. The van der Waals surface area contributed by atoms with E-state index in [4.69, 9.17) is 0 Å². The fraction of sp³-hybridized carbons (Fsp3) is 0.611. The molecule has 1 N–H and O–H groups in total. The van der Waals surface area contributed by atoms with E-state index in [1.54, 1.807) is 0 Å². The molecule has 110 valence electrons. The second-order valence-electron chi connectivity index (χ2n) is 5.93. The molecule has 2 rings (SSSR count). The number of nitrogens with zero attached hydrogens (tertiary/aromatic N) is 1. The van der Waals surface area contributed by atoms with Crippen LogP contribution >= 0.6 is 0 Å². The second kappa shape index (κ2) is 8.08. The normalized spacial score (nSPS) is 11.3. The van der Waals surface area contributed by atoms with Gasteiger partial charge in [-0.25, -0.2) is 4.98 Å². The van der Waals surface area contributed by atoms with Gasteiger partial charge in [-0.15, -0.1) is 0 Å². The maximum Gasteiger partial charge on any atom is 0.107 e. The van der Waals surface area contributed by atoms with Crippen molar-refractivity contribution in [2.45, 2.75) is 71.6 Å². The highest BCUT2D eigenvalue weighted by atomic mass is 14.9. The number of hydrogen-bond acceptors (Lipinski definition) is 1. The lowest BCUT2D eigenvalue weighted by Gasteiger charge is -2.00. The van der Waals surface area contributed by atoms with Crippen LogP contribution in [0.5, 0.6) is 0 Å². The molecule has 0 bridgehead atoms. The van der Waals surface area contributed by atoms with Crippen LogP contribution in [-0.4, -0.2) is 9.97 Å². The van der Waals surface area contributed by atoms with Crippen molar-refractivity contribution in [1.82, 2.24) is 9.97 Å². The van der Waals surface area contributed by atoms with E-state index in [9.17, 15) is 0 Å². The molecule has 0 aliphatic carbocycles. The van der Waals surface area contributed by atoms with Crippen molar-refractivity contribution in [1.29, 1.82) is 0 Å². The summed E-state index contributed by atoms with van der Waals surface area (Å²) in [7, 11) is 0. The van der Waals surface area contributed by atoms with E-state index < -0.39 is 0 Å². The summed E-state index contributed by atoms with van der Waals surface area (Å²) in [4.78, 5) is 8.10. The van der Waals surface area contributed by atoms with Crippen LogP contribution in [0.15, 0.2) is 18.2 Å². The first-order valence-corrected chi connectivity index (χ1v) is 8.25. The zero-order valence-electron chi connectivity index (χ0n) is 13.0. The minimum absolute atomic E-state index is 1.09. The minimum atomic E-state index is 1.09. The van der Waals surface area contributed by atoms with Crippen LogP contribution in [0, 0.1) is 6.92 Å². The third-order valence-corrected chi connectivity index (χ3v) is 3.95. The quantitative estimate of drug-likeness (QED) is 0.595. The van der Waals surface area contributed by atoms with E-state index in [2.05, 4.69) is 42.0 Å².